The van der Waals surface area contributed by atoms with Crippen LogP contribution >= 0.6 is 43.2 Å². The van der Waals surface area contributed by atoms with Gasteiger partial charge in [0.2, 0.25) is 0 Å². The number of thiocarbonyl (C=S) groups is 1. The number of hydrazone groups is 1. The first kappa shape index (κ1) is 36.2. The van der Waals surface area contributed by atoms with Gasteiger partial charge in [-0.15, -0.1) is 0 Å². The van der Waals surface area contributed by atoms with E-state index in [-0.39, 0.29) is 46.3 Å². The van der Waals surface area contributed by atoms with Gasteiger partial charge in [0, 0.05) is 22.3 Å². The molecule has 1 aromatic heterocycles. The largest absolute Gasteiger partial charge is 0.530 e. The quantitative estimate of drug-likeness (QED) is 0.0563. The highest BCUT2D eigenvalue weighted by Gasteiger charge is 2.32. The van der Waals surface area contributed by atoms with Gasteiger partial charge in [-0.05, 0) is 48.6 Å². The number of phosphoric acid groups is 1. The van der Waals surface area contributed by atoms with E-state index in [1.165, 1.54) is 24.5 Å². The van der Waals surface area contributed by atoms with Crippen molar-refractivity contribution in [2.45, 2.75) is 58.0 Å². The fraction of sp³-hybridized carbons (Fsp3) is 0.440. The average molecular weight is 695 g/mol. The van der Waals surface area contributed by atoms with Gasteiger partial charge < -0.3 is 15.0 Å². The molecular formula is C25H38Cl2N5O6PSSi2. The molecule has 232 valence electrons. The zero-order valence-electron chi connectivity index (χ0n) is 24.5. The van der Waals surface area contributed by atoms with Crippen LogP contribution in [0.1, 0.15) is 11.3 Å². The summed E-state index contributed by atoms with van der Waals surface area (Å²) in [5.74, 6) is 0.0552. The molecule has 0 unspecified atom stereocenters. The molecular weight excluding hydrogens is 656 g/mol. The van der Waals surface area contributed by atoms with E-state index in [0.717, 1.165) is 12.1 Å². The lowest BCUT2D eigenvalue weighted by atomic mass is 10.2. The Hall–Kier alpha value is -2.04. The number of rotatable bonds is 15. The molecule has 1 aromatic carbocycles. The number of benzene rings is 1. The van der Waals surface area contributed by atoms with E-state index in [1.807, 2.05) is 0 Å². The highest BCUT2D eigenvalue weighted by Crippen LogP contribution is 2.52. The van der Waals surface area contributed by atoms with E-state index < -0.39 is 30.1 Å². The van der Waals surface area contributed by atoms with Crippen LogP contribution in [0.4, 0.5) is 10.5 Å². The molecule has 0 radical (unpaired) electrons. The average Bonchev–Trinajstić information content (AvgIpc) is 2.85. The number of halogens is 2. The van der Waals surface area contributed by atoms with Gasteiger partial charge in [0.1, 0.15) is 18.1 Å². The van der Waals surface area contributed by atoms with E-state index in [9.17, 15) is 9.36 Å². The summed E-state index contributed by atoms with van der Waals surface area (Å²) >= 11 is 17.4. The van der Waals surface area contributed by atoms with Crippen LogP contribution in [0.25, 0.3) is 0 Å². The number of nitrogens with zero attached hydrogens (tertiary/aromatic N) is 2. The molecule has 0 saturated heterocycles. The van der Waals surface area contributed by atoms with Crippen molar-refractivity contribution >= 4 is 82.5 Å². The van der Waals surface area contributed by atoms with Gasteiger partial charge in [-0.1, -0.05) is 62.5 Å². The highest BCUT2D eigenvalue weighted by atomic mass is 35.5. The molecule has 2 rings (SSSR count). The SMILES string of the molecule is C[Si](C)(C)CCOP(=O)(OCC[Si](C)(C)C)Oc1ccc(Cl)c(Cl)c1COC(=O)Nc1cccnc1C=NNC(N)=S. The van der Waals surface area contributed by atoms with Crippen LogP contribution in [0.3, 0.4) is 0 Å². The number of aromatic nitrogens is 1. The molecule has 17 heteroatoms. The Morgan fingerprint density at radius 2 is 1.71 bits per heavy atom. The minimum Gasteiger partial charge on any atom is -0.444 e. The van der Waals surface area contributed by atoms with Crippen LogP contribution in [0.15, 0.2) is 35.6 Å². The summed E-state index contributed by atoms with van der Waals surface area (Å²) in [6, 6.07) is 7.69. The summed E-state index contributed by atoms with van der Waals surface area (Å²) in [4.78, 5) is 16.9. The van der Waals surface area contributed by atoms with E-state index in [0.29, 0.717) is 11.4 Å². The number of carbonyl (C=O) groups is 1. The van der Waals surface area contributed by atoms with Crippen molar-refractivity contribution in [3.05, 3.63) is 51.8 Å². The van der Waals surface area contributed by atoms with Gasteiger partial charge in [0.25, 0.3) is 0 Å². The minimum absolute atomic E-state index is 0.0278. The topological polar surface area (TPSA) is 146 Å². The predicted octanol–water partition coefficient (Wildman–Crippen LogP) is 7.50. The Morgan fingerprint density at radius 3 is 2.29 bits per heavy atom. The predicted molar refractivity (Wildman–Crippen MR) is 178 cm³/mol. The molecule has 0 aliphatic carbocycles. The first-order chi connectivity index (χ1) is 19.5. The molecule has 1 heterocycles. The second-order valence-corrected chi connectivity index (χ2v) is 25.6. The van der Waals surface area contributed by atoms with Crippen LogP contribution < -0.4 is 21.0 Å². The fourth-order valence-corrected chi connectivity index (χ4v) is 6.43. The normalized spacial score (nSPS) is 12.3. The maximum absolute atomic E-state index is 13.8. The smallest absolute Gasteiger partial charge is 0.444 e. The van der Waals surface area contributed by atoms with Crippen LogP contribution in [0.5, 0.6) is 5.75 Å². The Bertz CT molecular complexity index is 1300. The van der Waals surface area contributed by atoms with Crippen molar-refractivity contribution in [1.29, 1.82) is 0 Å². The van der Waals surface area contributed by atoms with Crippen LogP contribution in [-0.4, -0.2) is 51.8 Å². The third-order valence-electron chi connectivity index (χ3n) is 5.35. The second kappa shape index (κ2) is 16.2. The Kier molecular flexibility index (Phi) is 13.9. The van der Waals surface area contributed by atoms with Crippen LogP contribution in [0, 0.1) is 0 Å². The number of phosphoric ester groups is 1. The third-order valence-corrected chi connectivity index (χ3v) is 11.1. The van der Waals surface area contributed by atoms with Crippen molar-refractivity contribution in [1.82, 2.24) is 10.4 Å². The van der Waals surface area contributed by atoms with Crippen molar-refractivity contribution in [3.63, 3.8) is 0 Å². The number of anilines is 1. The van der Waals surface area contributed by atoms with Gasteiger partial charge in [-0.25, -0.2) is 9.36 Å². The number of hydrogen-bond donors (Lipinski definition) is 3. The summed E-state index contributed by atoms with van der Waals surface area (Å²) in [5.41, 5.74) is 8.58. The zero-order chi connectivity index (χ0) is 31.6. The number of pyridine rings is 1. The maximum Gasteiger partial charge on any atom is 0.530 e. The maximum atomic E-state index is 13.8. The minimum atomic E-state index is -4.06. The van der Waals surface area contributed by atoms with Gasteiger partial charge in [-0.2, -0.15) is 5.10 Å². The molecule has 0 atom stereocenters. The molecule has 0 aliphatic rings. The van der Waals surface area contributed by atoms with Gasteiger partial charge in [0.15, 0.2) is 5.11 Å². The summed E-state index contributed by atoms with van der Waals surface area (Å²) in [7, 11) is -7.05. The summed E-state index contributed by atoms with van der Waals surface area (Å²) in [5, 5.41) is 6.66. The summed E-state index contributed by atoms with van der Waals surface area (Å²) < 4.78 is 36.5. The molecule has 1 amide bonds. The number of ether oxygens (including phenoxy) is 1. The third kappa shape index (κ3) is 13.5. The molecule has 0 fully saturated rings. The molecule has 0 saturated carbocycles. The Morgan fingerprint density at radius 1 is 1.10 bits per heavy atom. The van der Waals surface area contributed by atoms with Gasteiger partial charge in [0.05, 0.1) is 40.7 Å². The lowest BCUT2D eigenvalue weighted by Gasteiger charge is -2.24. The van der Waals surface area contributed by atoms with Gasteiger partial charge in [-0.3, -0.25) is 24.8 Å². The van der Waals surface area contributed by atoms with Crippen LogP contribution in [0.2, 0.25) is 61.4 Å². The first-order valence-electron chi connectivity index (χ1n) is 13.0. The van der Waals surface area contributed by atoms with E-state index in [2.05, 4.69) is 60.1 Å². The van der Waals surface area contributed by atoms with E-state index in [4.69, 9.17) is 59.5 Å². The number of amides is 1. The number of nitrogens with one attached hydrogen (secondary N) is 2. The lowest BCUT2D eigenvalue weighted by molar-refractivity contribution is 0.151. The molecule has 4 N–H and O–H groups in total. The van der Waals surface area contributed by atoms with Crippen molar-refractivity contribution in [2.24, 2.45) is 10.8 Å². The summed E-state index contributed by atoms with van der Waals surface area (Å²) in [6.07, 6.45) is 2.02. The number of hydrogen-bond acceptors (Lipinski definition) is 9. The second-order valence-electron chi connectivity index (χ2n) is 11.5. The monoisotopic (exact) mass is 693 g/mol. The zero-order valence-corrected chi connectivity index (χ0v) is 29.8. The van der Waals surface area contributed by atoms with E-state index >= 15 is 0 Å². The van der Waals surface area contributed by atoms with Crippen molar-refractivity contribution in [2.75, 3.05) is 18.5 Å². The standard InChI is InChI=1S/C25H38Cl2N5O6PSSi2/c1-41(2,3)14-12-36-39(34,37-13-15-42(4,5)6)38-22-10-9-19(26)23(27)18(22)17-35-25(33)31-20-8-7-11-29-21(20)16-30-32-24(28)40/h7-11,16H,12-15,17H2,1-6H3,(H,31,33)(H3,28,32,40). The Balaban J connectivity index is 2.22. The molecule has 0 spiro atoms. The molecule has 0 aliphatic heterocycles. The van der Waals surface area contributed by atoms with Crippen molar-refractivity contribution < 1.29 is 27.7 Å². The van der Waals surface area contributed by atoms with Crippen molar-refractivity contribution in [3.8, 4) is 5.75 Å². The van der Waals surface area contributed by atoms with Gasteiger partial charge >= 0.3 is 13.9 Å². The Labute approximate surface area is 264 Å². The molecule has 2 aromatic rings. The molecule has 0 bridgehead atoms. The lowest BCUT2D eigenvalue weighted by Crippen LogP contribution is -2.24. The first-order valence-corrected chi connectivity index (χ1v) is 23.0. The number of carbonyl (C=O) groups excluding carboxylic acids is 1. The highest BCUT2D eigenvalue weighted by molar-refractivity contribution is 7.80. The molecule has 11 nitrogen and oxygen atoms in total. The summed E-state index contributed by atoms with van der Waals surface area (Å²) in [6.45, 7) is 13.1. The number of nitrogens with two attached hydrogens (primary N) is 1. The van der Waals surface area contributed by atoms with E-state index in [1.54, 1.807) is 12.1 Å². The molecule has 42 heavy (non-hydrogen) atoms. The fourth-order valence-electron chi connectivity index (χ4n) is 3.00. The van der Waals surface area contributed by atoms with Crippen LogP contribution in [-0.2, 0) is 25.0 Å².